The molecule has 2 aromatic carbocycles. The second-order valence-electron chi connectivity index (χ2n) is 7.00. The predicted octanol–water partition coefficient (Wildman–Crippen LogP) is 4.68. The summed E-state index contributed by atoms with van der Waals surface area (Å²) in [6, 6.07) is 15.5. The van der Waals surface area contributed by atoms with E-state index < -0.39 is 0 Å². The lowest BCUT2D eigenvalue weighted by atomic mass is 9.95. The van der Waals surface area contributed by atoms with Gasteiger partial charge in [-0.25, -0.2) is 9.78 Å². The lowest BCUT2D eigenvalue weighted by Crippen LogP contribution is -2.29. The Kier molecular flexibility index (Phi) is 5.25. The molecule has 6 nitrogen and oxygen atoms in total. The Morgan fingerprint density at radius 2 is 1.90 bits per heavy atom. The average molecular weight is 391 g/mol. The highest BCUT2D eigenvalue weighted by atomic mass is 16.5. The van der Waals surface area contributed by atoms with Crippen LogP contribution >= 0.6 is 0 Å². The maximum Gasteiger partial charge on any atom is 0.338 e. The molecule has 2 heterocycles. The molecule has 6 heteroatoms. The number of anilines is 1. The van der Waals surface area contributed by atoms with Gasteiger partial charge in [0.1, 0.15) is 5.75 Å². The van der Waals surface area contributed by atoms with E-state index >= 15 is 0 Å². The maximum absolute atomic E-state index is 12.9. The minimum Gasteiger partial charge on any atom is -0.494 e. The number of benzene rings is 2. The van der Waals surface area contributed by atoms with Gasteiger partial charge in [-0.15, -0.1) is 0 Å². The molecular formula is C23H25N3O3. The van der Waals surface area contributed by atoms with Crippen molar-refractivity contribution < 1.29 is 14.3 Å². The molecule has 150 valence electrons. The molecule has 1 aromatic heterocycles. The van der Waals surface area contributed by atoms with Gasteiger partial charge in [0.15, 0.2) is 0 Å². The van der Waals surface area contributed by atoms with Gasteiger partial charge in [0, 0.05) is 5.70 Å². The van der Waals surface area contributed by atoms with E-state index in [0.717, 1.165) is 34.5 Å². The second kappa shape index (κ2) is 7.99. The number of carbonyl (C=O) groups is 1. The van der Waals surface area contributed by atoms with Crippen LogP contribution in [0.4, 0.5) is 5.95 Å². The summed E-state index contributed by atoms with van der Waals surface area (Å²) in [6.45, 7) is 6.78. The molecule has 1 atom stereocenters. The van der Waals surface area contributed by atoms with E-state index in [1.807, 2.05) is 62.4 Å². The summed E-state index contributed by atoms with van der Waals surface area (Å²) in [6.07, 6.45) is 0.954. The van der Waals surface area contributed by atoms with E-state index in [-0.39, 0.29) is 12.0 Å². The lowest BCUT2D eigenvalue weighted by Gasteiger charge is -2.30. The van der Waals surface area contributed by atoms with Crippen LogP contribution in [0.1, 0.15) is 38.8 Å². The zero-order valence-corrected chi connectivity index (χ0v) is 16.9. The monoisotopic (exact) mass is 391 g/mol. The third-order valence-electron chi connectivity index (χ3n) is 4.99. The zero-order valence-electron chi connectivity index (χ0n) is 16.9. The Morgan fingerprint density at radius 1 is 1.14 bits per heavy atom. The predicted molar refractivity (Wildman–Crippen MR) is 113 cm³/mol. The molecule has 3 aromatic rings. The Bertz CT molecular complexity index is 1070. The molecule has 0 saturated carbocycles. The largest absolute Gasteiger partial charge is 0.494 e. The van der Waals surface area contributed by atoms with Crippen LogP contribution in [0.25, 0.3) is 11.0 Å². The van der Waals surface area contributed by atoms with Crippen molar-refractivity contribution in [1.82, 2.24) is 9.55 Å². The van der Waals surface area contributed by atoms with Crippen molar-refractivity contribution in [2.45, 2.75) is 33.2 Å². The Morgan fingerprint density at radius 3 is 2.62 bits per heavy atom. The third-order valence-corrected chi connectivity index (χ3v) is 4.99. The van der Waals surface area contributed by atoms with Crippen molar-refractivity contribution >= 4 is 23.0 Å². The van der Waals surface area contributed by atoms with E-state index in [4.69, 9.17) is 14.5 Å². The molecule has 1 aliphatic rings. The van der Waals surface area contributed by atoms with Crippen molar-refractivity contribution in [2.24, 2.45) is 0 Å². The summed E-state index contributed by atoms with van der Waals surface area (Å²) in [4.78, 5) is 17.6. The molecule has 0 bridgehead atoms. The summed E-state index contributed by atoms with van der Waals surface area (Å²) in [7, 11) is 0. The highest BCUT2D eigenvalue weighted by Gasteiger charge is 2.34. The van der Waals surface area contributed by atoms with Crippen molar-refractivity contribution in [3.8, 4) is 5.75 Å². The molecule has 0 fully saturated rings. The van der Waals surface area contributed by atoms with Gasteiger partial charge in [0.05, 0.1) is 35.9 Å². The van der Waals surface area contributed by atoms with Crippen LogP contribution in [-0.4, -0.2) is 28.7 Å². The van der Waals surface area contributed by atoms with Crippen LogP contribution in [0.3, 0.4) is 0 Å². The lowest BCUT2D eigenvalue weighted by molar-refractivity contribution is -0.139. The van der Waals surface area contributed by atoms with Crippen molar-refractivity contribution in [3.63, 3.8) is 0 Å². The van der Waals surface area contributed by atoms with Gasteiger partial charge < -0.3 is 14.8 Å². The Hall–Kier alpha value is -3.28. The van der Waals surface area contributed by atoms with Gasteiger partial charge in [0.2, 0.25) is 5.95 Å². The fraction of sp³-hybridized carbons (Fsp3) is 0.304. The molecule has 0 aliphatic carbocycles. The minimum absolute atomic E-state index is 0.322. The number of fused-ring (bicyclic) bond motifs is 3. The smallest absolute Gasteiger partial charge is 0.338 e. The number of carbonyl (C=O) groups excluding carboxylic acids is 1. The summed E-state index contributed by atoms with van der Waals surface area (Å²) in [5, 5.41) is 3.28. The van der Waals surface area contributed by atoms with Crippen LogP contribution in [-0.2, 0) is 9.53 Å². The molecule has 1 N–H and O–H groups in total. The molecule has 29 heavy (non-hydrogen) atoms. The van der Waals surface area contributed by atoms with Gasteiger partial charge in [-0.2, -0.15) is 0 Å². The number of allylic oxidation sites excluding steroid dienone is 1. The maximum atomic E-state index is 12.9. The van der Waals surface area contributed by atoms with Crippen LogP contribution < -0.4 is 10.1 Å². The first-order valence-corrected chi connectivity index (χ1v) is 9.98. The number of imidazole rings is 1. The van der Waals surface area contributed by atoms with Crippen LogP contribution in [0.15, 0.2) is 59.8 Å². The summed E-state index contributed by atoms with van der Waals surface area (Å²) in [5.74, 6) is 1.21. The molecule has 1 unspecified atom stereocenters. The van der Waals surface area contributed by atoms with E-state index in [1.165, 1.54) is 0 Å². The number of para-hydroxylation sites is 2. The van der Waals surface area contributed by atoms with Gasteiger partial charge in [-0.05, 0) is 50.1 Å². The molecule has 1 aliphatic heterocycles. The number of nitrogens with zero attached hydrogens (tertiary/aromatic N) is 2. The summed E-state index contributed by atoms with van der Waals surface area (Å²) in [5.41, 5.74) is 4.15. The zero-order chi connectivity index (χ0) is 20.4. The quantitative estimate of drug-likeness (QED) is 0.618. The highest BCUT2D eigenvalue weighted by Crippen LogP contribution is 2.39. The van der Waals surface area contributed by atoms with E-state index in [2.05, 4.69) is 16.8 Å². The Labute approximate surface area is 170 Å². The van der Waals surface area contributed by atoms with Gasteiger partial charge in [-0.3, -0.25) is 4.57 Å². The van der Waals surface area contributed by atoms with Gasteiger partial charge in [-0.1, -0.05) is 31.2 Å². The number of ether oxygens (including phenoxy) is 2. The van der Waals surface area contributed by atoms with Crippen molar-refractivity contribution in [2.75, 3.05) is 18.5 Å². The summed E-state index contributed by atoms with van der Waals surface area (Å²) >= 11 is 0. The fourth-order valence-electron chi connectivity index (χ4n) is 3.72. The minimum atomic E-state index is -0.335. The van der Waals surface area contributed by atoms with E-state index in [9.17, 15) is 4.79 Å². The second-order valence-corrected chi connectivity index (χ2v) is 7.00. The molecule has 4 rings (SSSR count). The summed E-state index contributed by atoms with van der Waals surface area (Å²) < 4.78 is 13.2. The molecule has 0 spiro atoms. The standard InChI is InChI=1S/C23H25N3O3/c1-4-14-29-17-12-10-16(11-13-17)21-20(22(27)28-5-2)15(3)24-23-25-18-8-6-7-9-19(18)26(21)23/h6-13,21H,4-5,14H2,1-3H3,(H,24,25). The normalized spacial score (nSPS) is 15.8. The Balaban J connectivity index is 1.85. The highest BCUT2D eigenvalue weighted by molar-refractivity contribution is 5.94. The molecule has 0 radical (unpaired) electrons. The number of nitrogens with one attached hydrogen (secondary N) is 1. The number of hydrogen-bond donors (Lipinski definition) is 1. The molecular weight excluding hydrogens is 366 g/mol. The SMILES string of the molecule is CCCOc1ccc(C2C(C(=O)OCC)=C(C)Nc3nc4ccccc4n32)cc1. The van der Waals surface area contributed by atoms with Crippen LogP contribution in [0, 0.1) is 0 Å². The first-order chi connectivity index (χ1) is 14.1. The van der Waals surface area contributed by atoms with E-state index in [0.29, 0.717) is 24.7 Å². The number of rotatable bonds is 6. The third kappa shape index (κ3) is 3.46. The van der Waals surface area contributed by atoms with Crippen molar-refractivity contribution in [3.05, 3.63) is 65.4 Å². The first-order valence-electron chi connectivity index (χ1n) is 9.98. The average Bonchev–Trinajstić information content (AvgIpc) is 3.09. The van der Waals surface area contributed by atoms with Gasteiger partial charge in [0.25, 0.3) is 0 Å². The number of aromatic nitrogens is 2. The number of esters is 1. The van der Waals surface area contributed by atoms with E-state index in [1.54, 1.807) is 0 Å². The van der Waals surface area contributed by atoms with Crippen LogP contribution in [0.5, 0.6) is 5.75 Å². The van der Waals surface area contributed by atoms with Crippen molar-refractivity contribution in [1.29, 1.82) is 0 Å². The van der Waals surface area contributed by atoms with Crippen LogP contribution in [0.2, 0.25) is 0 Å². The fourth-order valence-corrected chi connectivity index (χ4v) is 3.72. The topological polar surface area (TPSA) is 65.4 Å². The molecule has 0 amide bonds. The molecule has 0 saturated heterocycles. The van der Waals surface area contributed by atoms with Gasteiger partial charge >= 0.3 is 5.97 Å². The number of hydrogen-bond acceptors (Lipinski definition) is 5. The first kappa shape index (κ1) is 19.1.